The van der Waals surface area contributed by atoms with Gasteiger partial charge in [0.2, 0.25) is 0 Å². The van der Waals surface area contributed by atoms with Crippen LogP contribution < -0.4 is 0 Å². The molecule has 1 aromatic rings. The second kappa shape index (κ2) is 4.40. The molecule has 1 saturated heterocycles. The molecule has 0 spiro atoms. The molecular weight excluding hydrogens is 194 g/mol. The third-order valence-electron chi connectivity index (χ3n) is 2.51. The highest BCUT2D eigenvalue weighted by molar-refractivity contribution is 5.72. The SMILES string of the molecule is COC(=O)Cc1cccnc1C1COC1. The molecule has 0 aromatic carbocycles. The summed E-state index contributed by atoms with van der Waals surface area (Å²) >= 11 is 0. The summed E-state index contributed by atoms with van der Waals surface area (Å²) in [6.07, 6.45) is 2.03. The van der Waals surface area contributed by atoms with Crippen molar-refractivity contribution >= 4 is 5.97 Å². The van der Waals surface area contributed by atoms with Crippen molar-refractivity contribution in [2.24, 2.45) is 0 Å². The number of methoxy groups -OCH3 is 1. The molecule has 0 saturated carbocycles. The molecule has 1 aromatic heterocycles. The van der Waals surface area contributed by atoms with Gasteiger partial charge >= 0.3 is 5.97 Å². The van der Waals surface area contributed by atoms with E-state index in [9.17, 15) is 4.79 Å². The van der Waals surface area contributed by atoms with Crippen LogP contribution in [0.3, 0.4) is 0 Å². The zero-order valence-corrected chi connectivity index (χ0v) is 8.60. The average Bonchev–Trinajstić information content (AvgIpc) is 2.18. The average molecular weight is 207 g/mol. The fraction of sp³-hybridized carbons (Fsp3) is 0.455. The molecule has 1 fully saturated rings. The zero-order chi connectivity index (χ0) is 10.7. The zero-order valence-electron chi connectivity index (χ0n) is 8.60. The molecule has 2 heterocycles. The molecule has 0 unspecified atom stereocenters. The minimum Gasteiger partial charge on any atom is -0.469 e. The number of pyridine rings is 1. The lowest BCUT2D eigenvalue weighted by Gasteiger charge is -2.26. The largest absolute Gasteiger partial charge is 0.469 e. The lowest BCUT2D eigenvalue weighted by atomic mass is 9.97. The number of ether oxygens (including phenoxy) is 2. The smallest absolute Gasteiger partial charge is 0.310 e. The minimum absolute atomic E-state index is 0.232. The van der Waals surface area contributed by atoms with Crippen LogP contribution in [0.25, 0.3) is 0 Å². The molecule has 4 heteroatoms. The Bertz CT molecular complexity index is 361. The van der Waals surface area contributed by atoms with Gasteiger partial charge in [-0.1, -0.05) is 6.07 Å². The summed E-state index contributed by atoms with van der Waals surface area (Å²) < 4.78 is 9.76. The minimum atomic E-state index is -0.232. The maximum atomic E-state index is 11.2. The summed E-state index contributed by atoms with van der Waals surface area (Å²) in [5.74, 6) is 0.107. The predicted molar refractivity (Wildman–Crippen MR) is 53.5 cm³/mol. The van der Waals surface area contributed by atoms with Crippen LogP contribution >= 0.6 is 0 Å². The van der Waals surface area contributed by atoms with E-state index < -0.39 is 0 Å². The number of hydrogen-bond donors (Lipinski definition) is 0. The van der Waals surface area contributed by atoms with E-state index in [-0.39, 0.29) is 12.4 Å². The van der Waals surface area contributed by atoms with E-state index in [0.29, 0.717) is 19.1 Å². The number of esters is 1. The van der Waals surface area contributed by atoms with E-state index in [1.54, 1.807) is 6.20 Å². The number of hydrogen-bond acceptors (Lipinski definition) is 4. The first-order valence-electron chi connectivity index (χ1n) is 4.89. The van der Waals surface area contributed by atoms with E-state index in [2.05, 4.69) is 9.72 Å². The van der Waals surface area contributed by atoms with Gasteiger partial charge in [-0.2, -0.15) is 0 Å². The van der Waals surface area contributed by atoms with Crippen LogP contribution in [0.2, 0.25) is 0 Å². The van der Waals surface area contributed by atoms with Crippen molar-refractivity contribution in [3.05, 3.63) is 29.6 Å². The molecule has 1 aliphatic heterocycles. The van der Waals surface area contributed by atoms with Gasteiger partial charge in [-0.05, 0) is 11.6 Å². The van der Waals surface area contributed by atoms with Crippen molar-refractivity contribution in [3.63, 3.8) is 0 Å². The van der Waals surface area contributed by atoms with Crippen molar-refractivity contribution in [3.8, 4) is 0 Å². The normalized spacial score (nSPS) is 15.8. The Morgan fingerprint density at radius 1 is 1.67 bits per heavy atom. The summed E-state index contributed by atoms with van der Waals surface area (Å²) in [4.78, 5) is 15.5. The number of nitrogens with zero attached hydrogens (tertiary/aromatic N) is 1. The van der Waals surface area contributed by atoms with Crippen molar-refractivity contribution in [2.45, 2.75) is 12.3 Å². The maximum Gasteiger partial charge on any atom is 0.310 e. The monoisotopic (exact) mass is 207 g/mol. The Balaban J connectivity index is 2.17. The summed E-state index contributed by atoms with van der Waals surface area (Å²) in [7, 11) is 1.39. The van der Waals surface area contributed by atoms with Crippen LogP contribution in [0, 0.1) is 0 Å². The molecule has 0 aliphatic carbocycles. The second-order valence-corrected chi connectivity index (χ2v) is 3.54. The highest BCUT2D eigenvalue weighted by atomic mass is 16.5. The second-order valence-electron chi connectivity index (χ2n) is 3.54. The van der Waals surface area contributed by atoms with E-state index in [0.717, 1.165) is 11.3 Å². The first-order valence-corrected chi connectivity index (χ1v) is 4.89. The van der Waals surface area contributed by atoms with Gasteiger partial charge < -0.3 is 9.47 Å². The lowest BCUT2D eigenvalue weighted by molar-refractivity contribution is -0.139. The van der Waals surface area contributed by atoms with E-state index in [1.807, 2.05) is 12.1 Å². The Morgan fingerprint density at radius 2 is 2.47 bits per heavy atom. The predicted octanol–water partition coefficient (Wildman–Crippen LogP) is 0.911. The molecule has 0 amide bonds. The molecule has 1 aliphatic rings. The van der Waals surface area contributed by atoms with Gasteiger partial charge in [-0.3, -0.25) is 9.78 Å². The molecule has 0 atom stereocenters. The maximum absolute atomic E-state index is 11.2. The molecular formula is C11H13NO3. The van der Waals surface area contributed by atoms with E-state index >= 15 is 0 Å². The molecule has 15 heavy (non-hydrogen) atoms. The molecule has 80 valence electrons. The van der Waals surface area contributed by atoms with E-state index in [4.69, 9.17) is 4.74 Å². The number of aromatic nitrogens is 1. The van der Waals surface area contributed by atoms with Gasteiger partial charge in [-0.25, -0.2) is 0 Å². The molecule has 0 bridgehead atoms. The molecule has 4 nitrogen and oxygen atoms in total. The van der Waals surface area contributed by atoms with Gasteiger partial charge in [0.25, 0.3) is 0 Å². The number of carbonyl (C=O) groups excluding carboxylic acids is 1. The highest BCUT2D eigenvalue weighted by Crippen LogP contribution is 2.25. The lowest BCUT2D eigenvalue weighted by Crippen LogP contribution is -2.27. The highest BCUT2D eigenvalue weighted by Gasteiger charge is 2.24. The van der Waals surface area contributed by atoms with Crippen molar-refractivity contribution < 1.29 is 14.3 Å². The van der Waals surface area contributed by atoms with Crippen LogP contribution in [0.15, 0.2) is 18.3 Å². The molecule has 0 radical (unpaired) electrons. The third-order valence-corrected chi connectivity index (χ3v) is 2.51. The summed E-state index contributed by atoms with van der Waals surface area (Å²) in [5.41, 5.74) is 1.91. The summed E-state index contributed by atoms with van der Waals surface area (Å²) in [5, 5.41) is 0. The quantitative estimate of drug-likeness (QED) is 0.691. The van der Waals surface area contributed by atoms with Gasteiger partial charge in [0, 0.05) is 12.1 Å². The van der Waals surface area contributed by atoms with Gasteiger partial charge in [0.15, 0.2) is 0 Å². The Morgan fingerprint density at radius 3 is 3.07 bits per heavy atom. The third kappa shape index (κ3) is 2.15. The first kappa shape index (κ1) is 10.1. The van der Waals surface area contributed by atoms with Crippen LogP contribution in [0.4, 0.5) is 0 Å². The fourth-order valence-electron chi connectivity index (χ4n) is 1.59. The molecule has 0 N–H and O–H groups in total. The van der Waals surface area contributed by atoms with Gasteiger partial charge in [0.1, 0.15) is 0 Å². The molecule has 2 rings (SSSR count). The Kier molecular flexibility index (Phi) is 2.97. The Labute approximate surface area is 88.2 Å². The van der Waals surface area contributed by atoms with Gasteiger partial charge in [0.05, 0.1) is 32.4 Å². The van der Waals surface area contributed by atoms with Crippen LogP contribution in [0.1, 0.15) is 17.2 Å². The van der Waals surface area contributed by atoms with Crippen molar-refractivity contribution in [2.75, 3.05) is 20.3 Å². The van der Waals surface area contributed by atoms with Crippen molar-refractivity contribution in [1.82, 2.24) is 4.98 Å². The Hall–Kier alpha value is -1.42. The van der Waals surface area contributed by atoms with E-state index in [1.165, 1.54) is 7.11 Å². The summed E-state index contributed by atoms with van der Waals surface area (Å²) in [6.45, 7) is 1.40. The van der Waals surface area contributed by atoms with Gasteiger partial charge in [-0.15, -0.1) is 0 Å². The number of carbonyl (C=O) groups is 1. The fourth-order valence-corrected chi connectivity index (χ4v) is 1.59. The number of rotatable bonds is 3. The topological polar surface area (TPSA) is 48.4 Å². The van der Waals surface area contributed by atoms with Crippen molar-refractivity contribution in [1.29, 1.82) is 0 Å². The van der Waals surface area contributed by atoms with Crippen LogP contribution in [0.5, 0.6) is 0 Å². The first-order chi connectivity index (χ1) is 7.31. The standard InChI is InChI=1S/C11H13NO3/c1-14-10(13)5-8-3-2-4-12-11(8)9-6-15-7-9/h2-4,9H,5-7H2,1H3. The van der Waals surface area contributed by atoms with Crippen LogP contribution in [-0.2, 0) is 20.7 Å². The van der Waals surface area contributed by atoms with Crippen LogP contribution in [-0.4, -0.2) is 31.3 Å². The summed E-state index contributed by atoms with van der Waals surface area (Å²) in [6, 6.07) is 3.75.